The lowest BCUT2D eigenvalue weighted by Gasteiger charge is -2.32. The topological polar surface area (TPSA) is 106 Å². The Kier molecular flexibility index (Phi) is 7.01. The van der Waals surface area contributed by atoms with Crippen LogP contribution in [0.25, 0.3) is 11.4 Å². The first-order valence-corrected chi connectivity index (χ1v) is 10.3. The number of rotatable bonds is 8. The lowest BCUT2D eigenvalue weighted by Crippen LogP contribution is -2.54. The van der Waals surface area contributed by atoms with Crippen molar-refractivity contribution >= 4 is 11.8 Å². The second-order valence-corrected chi connectivity index (χ2v) is 8.41. The van der Waals surface area contributed by atoms with E-state index in [1.54, 1.807) is 12.1 Å². The van der Waals surface area contributed by atoms with Gasteiger partial charge in [-0.05, 0) is 68.8 Å². The zero-order valence-corrected chi connectivity index (χ0v) is 18.6. The second kappa shape index (κ2) is 9.71. The molecule has 32 heavy (non-hydrogen) atoms. The maximum Gasteiger partial charge on any atom is 0.247 e. The summed E-state index contributed by atoms with van der Waals surface area (Å²) in [5.41, 5.74) is 0.134. The molecule has 3 rings (SSSR count). The van der Waals surface area contributed by atoms with Gasteiger partial charge in [0.1, 0.15) is 24.2 Å². The number of carbonyl (C=O) groups is 2. The standard InChI is InChI=1S/C22H27FN6O3/c1-5-18(21(31)24-22(2,3)4)28(13-17-7-6-12-32-17)19(30)14-29-26-20(25-27-29)15-8-10-16(23)11-9-15/h6-12,18H,5,13-14H2,1-4H3,(H,24,31)/t18-/m0/s1. The smallest absolute Gasteiger partial charge is 0.247 e. The Hall–Kier alpha value is -3.56. The van der Waals surface area contributed by atoms with Crippen molar-refractivity contribution in [2.24, 2.45) is 0 Å². The zero-order chi connectivity index (χ0) is 23.3. The van der Waals surface area contributed by atoms with Crippen molar-refractivity contribution in [1.29, 1.82) is 0 Å². The molecule has 170 valence electrons. The summed E-state index contributed by atoms with van der Waals surface area (Å²) in [6, 6.07) is 8.43. The molecule has 1 aromatic carbocycles. The van der Waals surface area contributed by atoms with Crippen LogP contribution in [-0.2, 0) is 22.7 Å². The molecule has 2 aromatic heterocycles. The quantitative estimate of drug-likeness (QED) is 0.575. The number of halogens is 1. The normalized spacial score (nSPS) is 12.4. The third kappa shape index (κ3) is 5.99. The average molecular weight is 442 g/mol. The van der Waals surface area contributed by atoms with E-state index in [4.69, 9.17) is 4.42 Å². The molecule has 9 nitrogen and oxygen atoms in total. The van der Waals surface area contributed by atoms with Crippen LogP contribution in [0.15, 0.2) is 47.1 Å². The van der Waals surface area contributed by atoms with Crippen LogP contribution >= 0.6 is 0 Å². The predicted molar refractivity (Wildman–Crippen MR) is 114 cm³/mol. The van der Waals surface area contributed by atoms with E-state index in [0.29, 0.717) is 17.7 Å². The van der Waals surface area contributed by atoms with Gasteiger partial charge in [0.2, 0.25) is 17.6 Å². The lowest BCUT2D eigenvalue weighted by molar-refractivity contribution is -0.143. The number of amides is 2. The van der Waals surface area contributed by atoms with Gasteiger partial charge in [-0.1, -0.05) is 6.92 Å². The highest BCUT2D eigenvalue weighted by Gasteiger charge is 2.31. The maximum atomic E-state index is 13.2. The molecular weight excluding hydrogens is 415 g/mol. The third-order valence-electron chi connectivity index (χ3n) is 4.62. The van der Waals surface area contributed by atoms with Gasteiger partial charge in [-0.3, -0.25) is 9.59 Å². The Morgan fingerprint density at radius 3 is 2.53 bits per heavy atom. The Morgan fingerprint density at radius 2 is 1.94 bits per heavy atom. The molecule has 0 saturated carbocycles. The first kappa shape index (κ1) is 23.1. The van der Waals surface area contributed by atoms with Crippen LogP contribution in [0.4, 0.5) is 4.39 Å². The summed E-state index contributed by atoms with van der Waals surface area (Å²) in [5, 5.41) is 15.0. The number of nitrogens with one attached hydrogen (secondary N) is 1. The van der Waals surface area contributed by atoms with Crippen LogP contribution in [-0.4, -0.2) is 48.5 Å². The summed E-state index contributed by atoms with van der Waals surface area (Å²) in [5.74, 6) is -0.158. The number of nitrogens with zero attached hydrogens (tertiary/aromatic N) is 5. The molecule has 0 unspecified atom stereocenters. The minimum Gasteiger partial charge on any atom is -0.467 e. The van der Waals surface area contributed by atoms with Crippen LogP contribution < -0.4 is 5.32 Å². The minimum absolute atomic E-state index is 0.126. The Bertz CT molecular complexity index is 1040. The van der Waals surface area contributed by atoms with Crippen LogP contribution in [0, 0.1) is 5.82 Å². The summed E-state index contributed by atoms with van der Waals surface area (Å²) >= 11 is 0. The highest BCUT2D eigenvalue weighted by Crippen LogP contribution is 2.16. The number of benzene rings is 1. The number of furan rings is 1. The van der Waals surface area contributed by atoms with E-state index in [9.17, 15) is 14.0 Å². The molecule has 2 heterocycles. The van der Waals surface area contributed by atoms with Crippen molar-refractivity contribution in [1.82, 2.24) is 30.4 Å². The third-order valence-corrected chi connectivity index (χ3v) is 4.62. The zero-order valence-electron chi connectivity index (χ0n) is 18.6. The molecule has 0 bridgehead atoms. The molecule has 0 aliphatic carbocycles. The van der Waals surface area contributed by atoms with Crippen molar-refractivity contribution in [3.63, 3.8) is 0 Å². The van der Waals surface area contributed by atoms with E-state index in [2.05, 4.69) is 20.7 Å². The minimum atomic E-state index is -0.702. The lowest BCUT2D eigenvalue weighted by atomic mass is 10.1. The van der Waals surface area contributed by atoms with E-state index in [0.717, 1.165) is 4.80 Å². The molecule has 0 fully saturated rings. The highest BCUT2D eigenvalue weighted by atomic mass is 19.1. The first-order chi connectivity index (χ1) is 15.2. The van der Waals surface area contributed by atoms with Crippen LogP contribution in [0.2, 0.25) is 0 Å². The Balaban J connectivity index is 1.80. The molecule has 1 atom stereocenters. The largest absolute Gasteiger partial charge is 0.467 e. The van der Waals surface area contributed by atoms with Crippen molar-refractivity contribution in [3.8, 4) is 11.4 Å². The Labute approximate surface area is 185 Å². The van der Waals surface area contributed by atoms with E-state index in [1.165, 1.54) is 35.4 Å². The van der Waals surface area contributed by atoms with Crippen molar-refractivity contribution in [3.05, 3.63) is 54.2 Å². The molecule has 3 aromatic rings. The summed E-state index contributed by atoms with van der Waals surface area (Å²) < 4.78 is 18.6. The average Bonchev–Trinajstić information content (AvgIpc) is 3.39. The van der Waals surface area contributed by atoms with Gasteiger partial charge in [0, 0.05) is 11.1 Å². The van der Waals surface area contributed by atoms with Crippen molar-refractivity contribution < 1.29 is 18.4 Å². The van der Waals surface area contributed by atoms with Gasteiger partial charge in [0.15, 0.2) is 0 Å². The summed E-state index contributed by atoms with van der Waals surface area (Å²) in [7, 11) is 0. The van der Waals surface area contributed by atoms with Crippen LogP contribution in [0.5, 0.6) is 0 Å². The van der Waals surface area contributed by atoms with E-state index in [-0.39, 0.29) is 36.5 Å². The molecule has 10 heteroatoms. The Morgan fingerprint density at radius 1 is 1.22 bits per heavy atom. The fraction of sp³-hybridized carbons (Fsp3) is 0.409. The summed E-state index contributed by atoms with van der Waals surface area (Å²) in [6.07, 6.45) is 1.93. The van der Waals surface area contributed by atoms with Gasteiger partial charge in [0.05, 0.1) is 12.8 Å². The fourth-order valence-electron chi connectivity index (χ4n) is 3.18. The number of tetrazole rings is 1. The SMILES string of the molecule is CC[C@@H](C(=O)NC(C)(C)C)N(Cc1ccco1)C(=O)Cn1nnc(-c2ccc(F)cc2)n1. The van der Waals surface area contributed by atoms with Crippen LogP contribution in [0.1, 0.15) is 39.9 Å². The number of carbonyl (C=O) groups excluding carboxylic acids is 2. The highest BCUT2D eigenvalue weighted by molar-refractivity contribution is 5.87. The summed E-state index contributed by atoms with van der Waals surface area (Å²) in [6.45, 7) is 7.40. The van der Waals surface area contributed by atoms with Gasteiger partial charge in [-0.2, -0.15) is 4.80 Å². The fourth-order valence-corrected chi connectivity index (χ4v) is 3.18. The monoisotopic (exact) mass is 442 g/mol. The van der Waals surface area contributed by atoms with Gasteiger partial charge < -0.3 is 14.6 Å². The number of hydrogen-bond donors (Lipinski definition) is 1. The second-order valence-electron chi connectivity index (χ2n) is 8.41. The van der Waals surface area contributed by atoms with E-state index in [1.807, 2.05) is 27.7 Å². The molecule has 1 N–H and O–H groups in total. The first-order valence-electron chi connectivity index (χ1n) is 10.3. The van der Waals surface area contributed by atoms with Gasteiger partial charge in [-0.15, -0.1) is 10.2 Å². The predicted octanol–water partition coefficient (Wildman–Crippen LogP) is 2.79. The molecule has 0 spiro atoms. The molecule has 0 radical (unpaired) electrons. The molecule has 2 amide bonds. The van der Waals surface area contributed by atoms with Gasteiger partial charge in [-0.25, -0.2) is 4.39 Å². The van der Waals surface area contributed by atoms with Crippen LogP contribution in [0.3, 0.4) is 0 Å². The molecule has 0 aliphatic heterocycles. The molecular formula is C22H27FN6O3. The van der Waals surface area contributed by atoms with Gasteiger partial charge in [0.25, 0.3) is 0 Å². The maximum absolute atomic E-state index is 13.2. The van der Waals surface area contributed by atoms with Crippen molar-refractivity contribution in [2.75, 3.05) is 0 Å². The van der Waals surface area contributed by atoms with E-state index >= 15 is 0 Å². The number of hydrogen-bond acceptors (Lipinski definition) is 6. The van der Waals surface area contributed by atoms with Crippen molar-refractivity contribution in [2.45, 2.75) is 58.8 Å². The number of aromatic nitrogens is 4. The molecule has 0 saturated heterocycles. The van der Waals surface area contributed by atoms with E-state index < -0.39 is 11.6 Å². The molecule has 0 aliphatic rings. The summed E-state index contributed by atoms with van der Waals surface area (Å²) in [4.78, 5) is 28.8. The van der Waals surface area contributed by atoms with Gasteiger partial charge >= 0.3 is 0 Å².